The minimum atomic E-state index is -4.68. The van der Waals surface area contributed by atoms with Gasteiger partial charge in [0.05, 0.1) is 13.2 Å². The maximum atomic E-state index is 12.1. The van der Waals surface area contributed by atoms with Crippen molar-refractivity contribution < 1.29 is 42.7 Å². The van der Waals surface area contributed by atoms with E-state index in [-0.39, 0.29) is 26.2 Å². The maximum absolute atomic E-state index is 12.1. The average Bonchev–Trinajstić information content (AvgIpc) is 2.88. The summed E-state index contributed by atoms with van der Waals surface area (Å²) in [6, 6.07) is -1.50. The van der Waals surface area contributed by atoms with Crippen LogP contribution in [0.2, 0.25) is 0 Å². The summed E-state index contributed by atoms with van der Waals surface area (Å²) in [6.07, 6.45) is 23.8. The topological polar surface area (TPSA) is 155 Å². The molecule has 0 radical (unpaired) electrons. The van der Waals surface area contributed by atoms with Crippen molar-refractivity contribution in [1.82, 2.24) is 0 Å². The third-order valence-corrected chi connectivity index (χ3v) is 6.62. The lowest BCUT2D eigenvalue weighted by molar-refractivity contribution is -0.148. The number of aliphatic carboxylic acids is 1. The molecule has 0 aliphatic carbocycles. The highest BCUT2D eigenvalue weighted by Gasteiger charge is 2.29. The Labute approximate surface area is 228 Å². The second-order valence-corrected chi connectivity index (χ2v) is 10.6. The SMILES string of the molecule is C#CCOC[C@H](COC(=O)CCCCCCC/C=C\CCCCCCCC)OP(=O)(O)OC[C@H](N)C(=O)O. The van der Waals surface area contributed by atoms with Gasteiger partial charge in [0, 0.05) is 6.42 Å². The number of carbonyl (C=O) groups excluding carboxylic acids is 1. The number of esters is 1. The summed E-state index contributed by atoms with van der Waals surface area (Å²) in [5.41, 5.74) is 5.25. The molecule has 0 saturated carbocycles. The number of unbranched alkanes of at least 4 members (excludes halogenated alkanes) is 11. The van der Waals surface area contributed by atoms with Gasteiger partial charge in [-0.15, -0.1) is 6.42 Å². The quantitative estimate of drug-likeness (QED) is 0.0425. The van der Waals surface area contributed by atoms with E-state index < -0.39 is 38.5 Å². The molecule has 0 heterocycles. The fraction of sp³-hybridized carbons (Fsp3) is 0.778. The number of carboxylic acid groups (broad SMARTS) is 1. The number of ether oxygens (including phenoxy) is 2. The van der Waals surface area contributed by atoms with E-state index in [0.29, 0.717) is 6.42 Å². The van der Waals surface area contributed by atoms with Crippen LogP contribution in [0, 0.1) is 12.3 Å². The van der Waals surface area contributed by atoms with E-state index in [1.54, 1.807) is 0 Å². The van der Waals surface area contributed by atoms with Crippen molar-refractivity contribution in [3.8, 4) is 12.3 Å². The van der Waals surface area contributed by atoms with Gasteiger partial charge in [0.25, 0.3) is 0 Å². The smallest absolute Gasteiger partial charge is 0.472 e. The number of allylic oxidation sites excluding steroid dienone is 2. The van der Waals surface area contributed by atoms with Crippen LogP contribution in [0.1, 0.15) is 96.8 Å². The first-order valence-corrected chi connectivity index (χ1v) is 15.2. The molecule has 0 spiro atoms. The summed E-state index contributed by atoms with van der Waals surface area (Å²) >= 11 is 0. The number of terminal acetylenes is 1. The number of phosphoric ester groups is 1. The standard InChI is InChI=1S/C27H48NO9P/c1-3-5-6-7-8-9-10-11-12-13-14-15-16-17-18-19-26(29)35-22-24(21-34-20-4-2)37-38(32,33)36-23-25(28)27(30)31/h2,11-12,24-25H,3,5-10,13-23,28H2,1H3,(H,30,31)(H,32,33)/b12-11-/t24-,25+/m1/s1. The summed E-state index contributed by atoms with van der Waals surface area (Å²) in [6.45, 7) is 0.827. The third kappa shape index (κ3) is 23.4. The largest absolute Gasteiger partial charge is 0.480 e. The Morgan fingerprint density at radius 3 is 2.11 bits per heavy atom. The molecule has 0 aliphatic rings. The van der Waals surface area contributed by atoms with Crippen molar-refractivity contribution in [2.45, 2.75) is 109 Å². The van der Waals surface area contributed by atoms with Crippen LogP contribution in [0.4, 0.5) is 0 Å². The number of phosphoric acid groups is 1. The molecule has 0 rings (SSSR count). The molecule has 3 atom stereocenters. The maximum Gasteiger partial charge on any atom is 0.472 e. The highest BCUT2D eigenvalue weighted by molar-refractivity contribution is 7.47. The molecule has 0 amide bonds. The van der Waals surface area contributed by atoms with E-state index in [9.17, 15) is 19.0 Å². The van der Waals surface area contributed by atoms with Gasteiger partial charge in [-0.3, -0.25) is 18.6 Å². The molecule has 0 aromatic heterocycles. The molecule has 0 bridgehead atoms. The van der Waals surface area contributed by atoms with E-state index in [1.165, 1.54) is 38.5 Å². The predicted molar refractivity (Wildman–Crippen MR) is 146 cm³/mol. The summed E-state index contributed by atoms with van der Waals surface area (Å²) in [5, 5.41) is 8.74. The Hall–Kier alpha value is -1.73. The summed E-state index contributed by atoms with van der Waals surface area (Å²) in [4.78, 5) is 32.6. The minimum absolute atomic E-state index is 0.0802. The second-order valence-electron chi connectivity index (χ2n) is 9.17. The first-order chi connectivity index (χ1) is 18.2. The van der Waals surface area contributed by atoms with Crippen LogP contribution in [0.25, 0.3) is 0 Å². The lowest BCUT2D eigenvalue weighted by Crippen LogP contribution is -2.35. The number of carboxylic acids is 1. The number of rotatable bonds is 26. The van der Waals surface area contributed by atoms with Crippen LogP contribution in [0.3, 0.4) is 0 Å². The fourth-order valence-electron chi connectivity index (χ4n) is 3.42. The third-order valence-electron chi connectivity index (χ3n) is 5.58. The molecule has 1 unspecified atom stereocenters. The number of hydrogen-bond donors (Lipinski definition) is 3. The molecule has 0 aromatic rings. The van der Waals surface area contributed by atoms with Crippen molar-refractivity contribution in [2.75, 3.05) is 26.4 Å². The Balaban J connectivity index is 4.04. The molecular weight excluding hydrogens is 513 g/mol. The first-order valence-electron chi connectivity index (χ1n) is 13.7. The molecule has 0 fully saturated rings. The van der Waals surface area contributed by atoms with Crippen LogP contribution in [0.5, 0.6) is 0 Å². The molecule has 0 saturated heterocycles. The molecule has 11 heteroatoms. The van der Waals surface area contributed by atoms with Crippen molar-refractivity contribution >= 4 is 19.8 Å². The zero-order valence-electron chi connectivity index (χ0n) is 22.9. The Bertz CT molecular complexity index is 739. The zero-order chi connectivity index (χ0) is 28.5. The minimum Gasteiger partial charge on any atom is -0.480 e. The predicted octanol–water partition coefficient (Wildman–Crippen LogP) is 5.13. The highest BCUT2D eigenvalue weighted by atomic mass is 31.2. The lowest BCUT2D eigenvalue weighted by atomic mass is 10.1. The number of hydrogen-bond acceptors (Lipinski definition) is 8. The second kappa shape index (κ2) is 24.3. The van der Waals surface area contributed by atoms with Crippen LogP contribution in [-0.2, 0) is 32.7 Å². The molecular formula is C27H48NO9P. The van der Waals surface area contributed by atoms with Gasteiger partial charge in [-0.25, -0.2) is 4.57 Å². The molecule has 0 aromatic carbocycles. The van der Waals surface area contributed by atoms with Gasteiger partial charge in [-0.2, -0.15) is 0 Å². The van der Waals surface area contributed by atoms with E-state index in [1.807, 2.05) is 0 Å². The van der Waals surface area contributed by atoms with Crippen LogP contribution in [-0.4, -0.2) is 60.5 Å². The fourth-order valence-corrected chi connectivity index (χ4v) is 4.33. The van der Waals surface area contributed by atoms with Crippen molar-refractivity contribution in [3.63, 3.8) is 0 Å². The van der Waals surface area contributed by atoms with Crippen molar-refractivity contribution in [1.29, 1.82) is 0 Å². The monoisotopic (exact) mass is 561 g/mol. The van der Waals surface area contributed by atoms with E-state index in [0.717, 1.165) is 38.5 Å². The molecule has 0 aliphatic heterocycles. The van der Waals surface area contributed by atoms with E-state index >= 15 is 0 Å². The van der Waals surface area contributed by atoms with Crippen LogP contribution >= 0.6 is 7.82 Å². The van der Waals surface area contributed by atoms with E-state index in [4.69, 9.17) is 31.3 Å². The van der Waals surface area contributed by atoms with Gasteiger partial charge in [-0.05, 0) is 32.1 Å². The Morgan fingerprint density at radius 2 is 1.53 bits per heavy atom. The average molecular weight is 562 g/mol. The van der Waals surface area contributed by atoms with Gasteiger partial charge >= 0.3 is 19.8 Å². The number of carbonyl (C=O) groups is 2. The van der Waals surface area contributed by atoms with Gasteiger partial charge in [-0.1, -0.05) is 76.4 Å². The van der Waals surface area contributed by atoms with Crippen LogP contribution < -0.4 is 5.73 Å². The normalized spacial score (nSPS) is 14.6. The van der Waals surface area contributed by atoms with Crippen LogP contribution in [0.15, 0.2) is 12.2 Å². The lowest BCUT2D eigenvalue weighted by Gasteiger charge is -2.21. The first kappa shape index (κ1) is 36.3. The molecule has 4 N–H and O–H groups in total. The number of nitrogens with two attached hydrogens (primary N) is 1. The molecule has 220 valence electrons. The van der Waals surface area contributed by atoms with Gasteiger partial charge in [0.2, 0.25) is 0 Å². The highest BCUT2D eigenvalue weighted by Crippen LogP contribution is 2.44. The zero-order valence-corrected chi connectivity index (χ0v) is 23.8. The van der Waals surface area contributed by atoms with Gasteiger partial charge in [0.1, 0.15) is 25.4 Å². The Kier molecular flexibility index (Phi) is 23.2. The van der Waals surface area contributed by atoms with Crippen molar-refractivity contribution in [3.05, 3.63) is 12.2 Å². The van der Waals surface area contributed by atoms with Gasteiger partial charge < -0.3 is 25.2 Å². The Morgan fingerprint density at radius 1 is 0.947 bits per heavy atom. The summed E-state index contributed by atoms with van der Waals surface area (Å²) < 4.78 is 31.9. The molecule has 10 nitrogen and oxygen atoms in total. The molecule has 38 heavy (non-hydrogen) atoms. The summed E-state index contributed by atoms with van der Waals surface area (Å²) in [5.74, 6) is 0.378. The van der Waals surface area contributed by atoms with Gasteiger partial charge in [0.15, 0.2) is 0 Å². The van der Waals surface area contributed by atoms with Crippen molar-refractivity contribution in [2.24, 2.45) is 5.73 Å². The summed E-state index contributed by atoms with van der Waals surface area (Å²) in [7, 11) is -4.68. The van der Waals surface area contributed by atoms with E-state index in [2.05, 4.69) is 29.5 Å².